The third-order valence-corrected chi connectivity index (χ3v) is 3.48. The standard InChI is InChI=1S/C15H14ClFN2O/c1-10(11-3-6-13(16)7-4-11)19(2)15(20)12-5-8-14(17)18-9-12/h3-10H,1-2H3. The number of aromatic nitrogens is 1. The second-order valence-electron chi connectivity index (χ2n) is 4.51. The molecule has 0 spiro atoms. The van der Waals surface area contributed by atoms with Crippen molar-refractivity contribution in [3.8, 4) is 0 Å². The normalized spacial score (nSPS) is 12.0. The van der Waals surface area contributed by atoms with E-state index in [0.717, 1.165) is 5.56 Å². The lowest BCUT2D eigenvalue weighted by atomic mass is 10.1. The van der Waals surface area contributed by atoms with Gasteiger partial charge in [0, 0.05) is 18.3 Å². The molecule has 0 N–H and O–H groups in total. The van der Waals surface area contributed by atoms with Gasteiger partial charge in [0.1, 0.15) is 0 Å². The highest BCUT2D eigenvalue weighted by Crippen LogP contribution is 2.22. The maximum absolute atomic E-state index is 12.8. The van der Waals surface area contributed by atoms with Crippen LogP contribution >= 0.6 is 11.6 Å². The quantitative estimate of drug-likeness (QED) is 0.808. The van der Waals surface area contributed by atoms with Crippen LogP contribution in [0.5, 0.6) is 0 Å². The molecule has 0 aliphatic rings. The van der Waals surface area contributed by atoms with Crippen LogP contribution in [0.2, 0.25) is 5.02 Å². The Hall–Kier alpha value is -1.94. The Labute approximate surface area is 122 Å². The Kier molecular flexibility index (Phi) is 4.35. The average Bonchev–Trinajstić information content (AvgIpc) is 2.46. The highest BCUT2D eigenvalue weighted by molar-refractivity contribution is 6.30. The molecule has 1 atom stereocenters. The molecule has 0 aliphatic carbocycles. The van der Waals surface area contributed by atoms with E-state index < -0.39 is 5.95 Å². The maximum Gasteiger partial charge on any atom is 0.255 e. The van der Waals surface area contributed by atoms with Gasteiger partial charge in [-0.05, 0) is 36.8 Å². The van der Waals surface area contributed by atoms with Crippen LogP contribution in [0.1, 0.15) is 28.9 Å². The van der Waals surface area contributed by atoms with Crippen molar-refractivity contribution >= 4 is 17.5 Å². The topological polar surface area (TPSA) is 33.2 Å². The summed E-state index contributed by atoms with van der Waals surface area (Å²) in [4.78, 5) is 17.4. The van der Waals surface area contributed by atoms with E-state index in [1.54, 1.807) is 24.1 Å². The highest BCUT2D eigenvalue weighted by atomic mass is 35.5. The number of hydrogen-bond donors (Lipinski definition) is 0. The van der Waals surface area contributed by atoms with E-state index in [-0.39, 0.29) is 11.9 Å². The van der Waals surface area contributed by atoms with Crippen LogP contribution in [-0.4, -0.2) is 22.8 Å². The van der Waals surface area contributed by atoms with Gasteiger partial charge in [0.25, 0.3) is 5.91 Å². The summed E-state index contributed by atoms with van der Waals surface area (Å²) in [5, 5.41) is 0.651. The average molecular weight is 293 g/mol. The predicted octanol–water partition coefficient (Wildman–Crippen LogP) is 3.71. The molecule has 104 valence electrons. The second-order valence-corrected chi connectivity index (χ2v) is 4.95. The van der Waals surface area contributed by atoms with Crippen molar-refractivity contribution in [2.45, 2.75) is 13.0 Å². The fourth-order valence-corrected chi connectivity index (χ4v) is 1.97. The SMILES string of the molecule is CC(c1ccc(Cl)cc1)N(C)C(=O)c1ccc(F)nc1. The van der Waals surface area contributed by atoms with Gasteiger partial charge < -0.3 is 4.90 Å². The lowest BCUT2D eigenvalue weighted by Gasteiger charge is -2.25. The Morgan fingerprint density at radius 1 is 1.25 bits per heavy atom. The second kappa shape index (κ2) is 6.01. The zero-order valence-electron chi connectivity index (χ0n) is 11.2. The van der Waals surface area contributed by atoms with Crippen molar-refractivity contribution in [2.24, 2.45) is 0 Å². The van der Waals surface area contributed by atoms with E-state index in [1.165, 1.54) is 18.3 Å². The van der Waals surface area contributed by atoms with Crippen molar-refractivity contribution in [2.75, 3.05) is 7.05 Å². The van der Waals surface area contributed by atoms with E-state index in [4.69, 9.17) is 11.6 Å². The molecule has 0 radical (unpaired) electrons. The summed E-state index contributed by atoms with van der Waals surface area (Å²) < 4.78 is 12.8. The van der Waals surface area contributed by atoms with Gasteiger partial charge in [-0.3, -0.25) is 4.79 Å². The fourth-order valence-electron chi connectivity index (χ4n) is 1.85. The van der Waals surface area contributed by atoms with Crippen molar-refractivity contribution in [1.82, 2.24) is 9.88 Å². The van der Waals surface area contributed by atoms with Crippen molar-refractivity contribution < 1.29 is 9.18 Å². The minimum absolute atomic E-state index is 0.121. The largest absolute Gasteiger partial charge is 0.335 e. The molecule has 3 nitrogen and oxygen atoms in total. The van der Waals surface area contributed by atoms with E-state index >= 15 is 0 Å². The van der Waals surface area contributed by atoms with Crippen LogP contribution in [0, 0.1) is 5.95 Å². The van der Waals surface area contributed by atoms with Gasteiger partial charge in [0.2, 0.25) is 5.95 Å². The molecule has 1 amide bonds. The molecule has 2 rings (SSSR count). The number of nitrogens with zero attached hydrogens (tertiary/aromatic N) is 2. The molecule has 2 aromatic rings. The van der Waals surface area contributed by atoms with Gasteiger partial charge in [-0.15, -0.1) is 0 Å². The molecule has 20 heavy (non-hydrogen) atoms. The van der Waals surface area contributed by atoms with Crippen LogP contribution in [0.4, 0.5) is 4.39 Å². The molecule has 0 bridgehead atoms. The highest BCUT2D eigenvalue weighted by Gasteiger charge is 2.19. The Morgan fingerprint density at radius 3 is 2.45 bits per heavy atom. The van der Waals surface area contributed by atoms with Gasteiger partial charge in [-0.25, -0.2) is 4.98 Å². The number of halogens is 2. The van der Waals surface area contributed by atoms with Gasteiger partial charge in [0.05, 0.1) is 11.6 Å². The van der Waals surface area contributed by atoms with E-state index in [2.05, 4.69) is 4.98 Å². The predicted molar refractivity (Wildman–Crippen MR) is 76.2 cm³/mol. The number of amides is 1. The summed E-state index contributed by atoms with van der Waals surface area (Å²) in [5.74, 6) is -0.810. The monoisotopic (exact) mass is 292 g/mol. The van der Waals surface area contributed by atoms with Gasteiger partial charge in [-0.2, -0.15) is 4.39 Å². The van der Waals surface area contributed by atoms with Gasteiger partial charge in [0.15, 0.2) is 0 Å². The first-order valence-corrected chi connectivity index (χ1v) is 6.51. The first-order valence-electron chi connectivity index (χ1n) is 6.13. The Morgan fingerprint density at radius 2 is 1.90 bits per heavy atom. The summed E-state index contributed by atoms with van der Waals surface area (Å²) in [6, 6.07) is 9.80. The Balaban J connectivity index is 2.17. The molecule has 0 saturated carbocycles. The smallest absolute Gasteiger partial charge is 0.255 e. The molecule has 1 aromatic heterocycles. The number of carbonyl (C=O) groups is 1. The number of carbonyl (C=O) groups excluding carboxylic acids is 1. The fraction of sp³-hybridized carbons (Fsp3) is 0.200. The number of rotatable bonds is 3. The minimum atomic E-state index is -0.602. The molecule has 1 unspecified atom stereocenters. The third-order valence-electron chi connectivity index (χ3n) is 3.23. The minimum Gasteiger partial charge on any atom is -0.335 e. The van der Waals surface area contributed by atoms with Crippen LogP contribution in [-0.2, 0) is 0 Å². The maximum atomic E-state index is 12.8. The summed E-state index contributed by atoms with van der Waals surface area (Å²) in [6.45, 7) is 1.91. The Bertz CT molecular complexity index is 598. The molecular formula is C15H14ClFN2O. The van der Waals surface area contributed by atoms with Gasteiger partial charge in [-0.1, -0.05) is 23.7 Å². The summed E-state index contributed by atoms with van der Waals surface area (Å²) >= 11 is 5.84. The molecule has 5 heteroatoms. The lowest BCUT2D eigenvalue weighted by molar-refractivity contribution is 0.0742. The number of hydrogen-bond acceptors (Lipinski definition) is 2. The summed E-state index contributed by atoms with van der Waals surface area (Å²) in [7, 11) is 1.70. The van der Waals surface area contributed by atoms with E-state index in [9.17, 15) is 9.18 Å². The van der Waals surface area contributed by atoms with Crippen LogP contribution in [0.3, 0.4) is 0 Å². The zero-order valence-corrected chi connectivity index (χ0v) is 11.9. The van der Waals surface area contributed by atoms with Crippen LogP contribution in [0.25, 0.3) is 0 Å². The molecular weight excluding hydrogens is 279 g/mol. The van der Waals surface area contributed by atoms with Crippen LogP contribution in [0.15, 0.2) is 42.6 Å². The van der Waals surface area contributed by atoms with Crippen molar-refractivity contribution in [3.63, 3.8) is 0 Å². The van der Waals surface area contributed by atoms with Crippen LogP contribution < -0.4 is 0 Å². The first-order chi connectivity index (χ1) is 9.49. The molecule has 0 saturated heterocycles. The molecule has 1 aromatic carbocycles. The van der Waals surface area contributed by atoms with E-state index in [0.29, 0.717) is 10.6 Å². The first kappa shape index (κ1) is 14.5. The molecule has 1 heterocycles. The summed E-state index contributed by atoms with van der Waals surface area (Å²) in [6.07, 6.45) is 1.24. The number of benzene rings is 1. The van der Waals surface area contributed by atoms with Crippen molar-refractivity contribution in [3.05, 3.63) is 64.7 Å². The molecule has 0 fully saturated rings. The lowest BCUT2D eigenvalue weighted by Crippen LogP contribution is -2.29. The summed E-state index contributed by atoms with van der Waals surface area (Å²) in [5.41, 5.74) is 1.33. The van der Waals surface area contributed by atoms with E-state index in [1.807, 2.05) is 19.1 Å². The number of pyridine rings is 1. The molecule has 0 aliphatic heterocycles. The van der Waals surface area contributed by atoms with Crippen molar-refractivity contribution in [1.29, 1.82) is 0 Å². The third kappa shape index (κ3) is 3.14. The zero-order chi connectivity index (χ0) is 14.7. The van der Waals surface area contributed by atoms with Gasteiger partial charge >= 0.3 is 0 Å².